The van der Waals surface area contributed by atoms with Gasteiger partial charge in [-0.1, -0.05) is 13.8 Å². The number of aliphatic hydroxyl groups is 1. The maximum absolute atomic E-state index is 9.68. The van der Waals surface area contributed by atoms with Crippen LogP contribution in [-0.4, -0.2) is 16.1 Å². The lowest BCUT2D eigenvalue weighted by atomic mass is 9.81. The van der Waals surface area contributed by atoms with Gasteiger partial charge in [-0.2, -0.15) is 0 Å². The first-order chi connectivity index (χ1) is 5.01. The molecular formula is C9H15ClO. The van der Waals surface area contributed by atoms with E-state index in [0.29, 0.717) is 5.92 Å². The Labute approximate surface area is 72.7 Å². The van der Waals surface area contributed by atoms with Crippen molar-refractivity contribution in [3.8, 4) is 0 Å². The zero-order chi connectivity index (χ0) is 8.28. The minimum atomic E-state index is -0.156. The van der Waals surface area contributed by atoms with E-state index in [0.717, 1.165) is 19.3 Å². The number of fused-ring (bicyclic) bond motifs is 1. The summed E-state index contributed by atoms with van der Waals surface area (Å²) in [6, 6.07) is 0. The third kappa shape index (κ3) is 0.762. The summed E-state index contributed by atoms with van der Waals surface area (Å²) >= 11 is 6.37. The molecular weight excluding hydrogens is 160 g/mol. The molecule has 0 bridgehead atoms. The molecule has 1 N–H and O–H groups in total. The van der Waals surface area contributed by atoms with E-state index in [9.17, 15) is 5.11 Å². The molecule has 1 nitrogen and oxygen atoms in total. The van der Waals surface area contributed by atoms with Gasteiger partial charge in [0, 0.05) is 5.41 Å². The average Bonchev–Trinajstić information content (AvgIpc) is 2.51. The lowest BCUT2D eigenvalue weighted by Crippen LogP contribution is -2.35. The van der Waals surface area contributed by atoms with E-state index >= 15 is 0 Å². The van der Waals surface area contributed by atoms with Gasteiger partial charge in [-0.25, -0.2) is 0 Å². The average molecular weight is 175 g/mol. The second-order valence-corrected chi connectivity index (χ2v) is 5.13. The lowest BCUT2D eigenvalue weighted by Gasteiger charge is -2.33. The third-order valence-corrected chi connectivity index (χ3v) is 4.78. The van der Waals surface area contributed by atoms with Gasteiger partial charge in [0.05, 0.1) is 11.0 Å². The number of alkyl halides is 1. The number of rotatable bonds is 0. The van der Waals surface area contributed by atoms with Crippen molar-refractivity contribution in [1.29, 1.82) is 0 Å². The molecule has 2 aliphatic rings. The van der Waals surface area contributed by atoms with Crippen molar-refractivity contribution in [3.63, 3.8) is 0 Å². The van der Waals surface area contributed by atoms with E-state index in [1.54, 1.807) is 0 Å². The Bertz CT molecular complexity index is 174. The highest BCUT2D eigenvalue weighted by molar-refractivity contribution is 6.27. The summed E-state index contributed by atoms with van der Waals surface area (Å²) in [5.41, 5.74) is 0.0340. The second-order valence-electron chi connectivity index (χ2n) is 4.45. The quantitative estimate of drug-likeness (QED) is 0.558. The zero-order valence-electron chi connectivity index (χ0n) is 7.10. The molecule has 2 saturated carbocycles. The van der Waals surface area contributed by atoms with Crippen LogP contribution in [0.4, 0.5) is 0 Å². The molecule has 2 aliphatic carbocycles. The van der Waals surface area contributed by atoms with Gasteiger partial charge in [0.15, 0.2) is 0 Å². The molecule has 0 heterocycles. The normalized spacial score (nSPS) is 62.2. The topological polar surface area (TPSA) is 20.2 Å². The van der Waals surface area contributed by atoms with Crippen LogP contribution in [0.2, 0.25) is 0 Å². The van der Waals surface area contributed by atoms with Gasteiger partial charge in [0.2, 0.25) is 0 Å². The standard InChI is InChI=1S/C9H15ClO/c1-6-3-4-7(11)8(2)5-9(6,8)10/h6-7,11H,3-5H2,1-2H3. The predicted octanol–water partition coefficient (Wildman–Crippen LogP) is 2.16. The highest BCUT2D eigenvalue weighted by Crippen LogP contribution is 2.70. The summed E-state index contributed by atoms with van der Waals surface area (Å²) in [6.45, 7) is 4.31. The van der Waals surface area contributed by atoms with Crippen LogP contribution in [0.15, 0.2) is 0 Å². The fourth-order valence-electron chi connectivity index (χ4n) is 2.58. The van der Waals surface area contributed by atoms with E-state index in [2.05, 4.69) is 13.8 Å². The Hall–Kier alpha value is 0.250. The molecule has 0 aliphatic heterocycles. The number of halogens is 1. The van der Waals surface area contributed by atoms with Gasteiger partial charge in [0.1, 0.15) is 0 Å². The predicted molar refractivity (Wildman–Crippen MR) is 45.7 cm³/mol. The fourth-order valence-corrected chi connectivity index (χ4v) is 3.09. The Balaban J connectivity index is 2.24. The number of hydrogen-bond acceptors (Lipinski definition) is 1. The number of hydrogen-bond donors (Lipinski definition) is 1. The first-order valence-electron chi connectivity index (χ1n) is 4.38. The van der Waals surface area contributed by atoms with Crippen LogP contribution in [0, 0.1) is 11.3 Å². The molecule has 2 rings (SSSR count). The van der Waals surface area contributed by atoms with Crippen molar-refractivity contribution >= 4 is 11.6 Å². The van der Waals surface area contributed by atoms with E-state index in [1.807, 2.05) is 0 Å². The van der Waals surface area contributed by atoms with Crippen molar-refractivity contribution in [2.45, 2.75) is 44.1 Å². The molecule has 0 saturated heterocycles. The van der Waals surface area contributed by atoms with Crippen LogP contribution in [0.1, 0.15) is 33.1 Å². The third-order valence-electron chi connectivity index (χ3n) is 3.84. The minimum absolute atomic E-state index is 0.0340. The largest absolute Gasteiger partial charge is 0.392 e. The Morgan fingerprint density at radius 3 is 2.64 bits per heavy atom. The van der Waals surface area contributed by atoms with Gasteiger partial charge >= 0.3 is 0 Å². The Morgan fingerprint density at radius 1 is 1.45 bits per heavy atom. The van der Waals surface area contributed by atoms with E-state index in [1.165, 1.54) is 0 Å². The zero-order valence-corrected chi connectivity index (χ0v) is 7.86. The summed E-state index contributed by atoms with van der Waals surface area (Å²) < 4.78 is 0. The maximum atomic E-state index is 9.68. The molecule has 0 aromatic heterocycles. The number of aliphatic hydroxyl groups excluding tert-OH is 1. The maximum Gasteiger partial charge on any atom is 0.0611 e. The summed E-state index contributed by atoms with van der Waals surface area (Å²) in [5.74, 6) is 0.581. The highest BCUT2D eigenvalue weighted by atomic mass is 35.5. The van der Waals surface area contributed by atoms with Crippen LogP contribution in [-0.2, 0) is 0 Å². The smallest absolute Gasteiger partial charge is 0.0611 e. The second kappa shape index (κ2) is 1.94. The summed E-state index contributed by atoms with van der Waals surface area (Å²) in [6.07, 6.45) is 2.87. The van der Waals surface area contributed by atoms with Crippen LogP contribution >= 0.6 is 11.6 Å². The summed E-state index contributed by atoms with van der Waals surface area (Å²) in [7, 11) is 0. The first-order valence-corrected chi connectivity index (χ1v) is 4.75. The molecule has 0 aromatic rings. The van der Waals surface area contributed by atoms with Crippen LogP contribution < -0.4 is 0 Å². The van der Waals surface area contributed by atoms with Gasteiger partial charge in [0.25, 0.3) is 0 Å². The van der Waals surface area contributed by atoms with E-state index in [-0.39, 0.29) is 16.4 Å². The molecule has 0 amide bonds. The molecule has 4 atom stereocenters. The van der Waals surface area contributed by atoms with Crippen LogP contribution in [0.3, 0.4) is 0 Å². The fraction of sp³-hybridized carbons (Fsp3) is 1.00. The molecule has 0 spiro atoms. The van der Waals surface area contributed by atoms with Crippen molar-refractivity contribution in [2.24, 2.45) is 11.3 Å². The molecule has 64 valence electrons. The van der Waals surface area contributed by atoms with E-state index in [4.69, 9.17) is 11.6 Å². The van der Waals surface area contributed by atoms with Gasteiger partial charge in [-0.05, 0) is 25.2 Å². The summed E-state index contributed by atoms with van der Waals surface area (Å²) in [4.78, 5) is -0.0648. The van der Waals surface area contributed by atoms with Crippen molar-refractivity contribution < 1.29 is 5.11 Å². The van der Waals surface area contributed by atoms with E-state index < -0.39 is 0 Å². The highest BCUT2D eigenvalue weighted by Gasteiger charge is 2.70. The first kappa shape index (κ1) is 7.88. The van der Waals surface area contributed by atoms with Crippen LogP contribution in [0.25, 0.3) is 0 Å². The van der Waals surface area contributed by atoms with Crippen molar-refractivity contribution in [1.82, 2.24) is 0 Å². The minimum Gasteiger partial charge on any atom is -0.392 e. The molecule has 0 radical (unpaired) electrons. The van der Waals surface area contributed by atoms with Gasteiger partial charge < -0.3 is 5.11 Å². The Kier molecular flexibility index (Phi) is 1.39. The molecule has 0 aromatic carbocycles. The summed E-state index contributed by atoms with van der Waals surface area (Å²) in [5, 5.41) is 9.68. The molecule has 4 unspecified atom stereocenters. The SMILES string of the molecule is CC1CCC(O)C2(C)CC12Cl. The van der Waals surface area contributed by atoms with Gasteiger partial charge in [-0.3, -0.25) is 0 Å². The van der Waals surface area contributed by atoms with Gasteiger partial charge in [-0.15, -0.1) is 11.6 Å². The lowest BCUT2D eigenvalue weighted by molar-refractivity contribution is 0.0550. The molecule has 11 heavy (non-hydrogen) atoms. The van der Waals surface area contributed by atoms with Crippen molar-refractivity contribution in [3.05, 3.63) is 0 Å². The monoisotopic (exact) mass is 174 g/mol. The van der Waals surface area contributed by atoms with Crippen molar-refractivity contribution in [2.75, 3.05) is 0 Å². The molecule has 2 heteroatoms. The van der Waals surface area contributed by atoms with Crippen LogP contribution in [0.5, 0.6) is 0 Å². The molecule has 2 fully saturated rings. The Morgan fingerprint density at radius 2 is 2.09 bits per heavy atom.